The number of nitrogens with two attached hydrogens (primary N) is 1. The van der Waals surface area contributed by atoms with Crippen LogP contribution in [-0.2, 0) is 11.4 Å². The van der Waals surface area contributed by atoms with E-state index in [-0.39, 0.29) is 13.0 Å². The van der Waals surface area contributed by atoms with Crippen molar-refractivity contribution in [2.75, 3.05) is 0 Å². The number of pyridine rings is 1. The molecular formula is C9H12N2O3. The van der Waals surface area contributed by atoms with E-state index < -0.39 is 12.0 Å². The van der Waals surface area contributed by atoms with E-state index in [9.17, 15) is 4.79 Å². The predicted molar refractivity (Wildman–Crippen MR) is 49.3 cm³/mol. The first-order valence-electron chi connectivity index (χ1n) is 4.17. The lowest BCUT2D eigenvalue weighted by atomic mass is 10.1. The first kappa shape index (κ1) is 10.6. The van der Waals surface area contributed by atoms with Gasteiger partial charge in [0.15, 0.2) is 0 Å². The van der Waals surface area contributed by atoms with Crippen LogP contribution >= 0.6 is 0 Å². The lowest BCUT2D eigenvalue weighted by molar-refractivity contribution is -0.137. The maximum Gasteiger partial charge on any atom is 0.305 e. The fraction of sp³-hybridized carbons (Fsp3) is 0.333. The molecule has 0 radical (unpaired) electrons. The Kier molecular flexibility index (Phi) is 3.55. The highest BCUT2D eigenvalue weighted by Crippen LogP contribution is 2.11. The van der Waals surface area contributed by atoms with Crippen LogP contribution in [0.2, 0.25) is 0 Å². The van der Waals surface area contributed by atoms with Gasteiger partial charge in [-0.3, -0.25) is 9.78 Å². The summed E-state index contributed by atoms with van der Waals surface area (Å²) in [6, 6.07) is 4.36. The molecule has 0 aliphatic heterocycles. The molecule has 76 valence electrons. The number of rotatable bonds is 4. The third-order valence-electron chi connectivity index (χ3n) is 1.76. The minimum Gasteiger partial charge on any atom is -0.481 e. The molecule has 0 fully saturated rings. The van der Waals surface area contributed by atoms with Gasteiger partial charge in [0.25, 0.3) is 0 Å². The topological polar surface area (TPSA) is 96.4 Å². The quantitative estimate of drug-likeness (QED) is 0.632. The van der Waals surface area contributed by atoms with Crippen molar-refractivity contribution in [3.05, 3.63) is 29.6 Å². The molecule has 1 atom stereocenters. The van der Waals surface area contributed by atoms with E-state index >= 15 is 0 Å². The molecule has 0 saturated heterocycles. The van der Waals surface area contributed by atoms with E-state index in [0.29, 0.717) is 11.4 Å². The fourth-order valence-corrected chi connectivity index (χ4v) is 1.09. The van der Waals surface area contributed by atoms with Crippen LogP contribution < -0.4 is 5.73 Å². The summed E-state index contributed by atoms with van der Waals surface area (Å²) in [6.07, 6.45) is -0.165. The second-order valence-electron chi connectivity index (χ2n) is 2.92. The summed E-state index contributed by atoms with van der Waals surface area (Å²) < 4.78 is 0. The second-order valence-corrected chi connectivity index (χ2v) is 2.92. The van der Waals surface area contributed by atoms with Crippen LogP contribution in [0.15, 0.2) is 18.2 Å². The number of hydrogen-bond donors (Lipinski definition) is 3. The van der Waals surface area contributed by atoms with Crippen molar-refractivity contribution in [2.45, 2.75) is 19.1 Å². The monoisotopic (exact) mass is 196 g/mol. The SMILES string of the molecule is NC(CC(=O)O)c1cccc(CO)n1. The summed E-state index contributed by atoms with van der Waals surface area (Å²) in [4.78, 5) is 14.4. The molecule has 1 unspecified atom stereocenters. The molecule has 1 heterocycles. The average molecular weight is 196 g/mol. The molecule has 14 heavy (non-hydrogen) atoms. The van der Waals surface area contributed by atoms with Crippen molar-refractivity contribution >= 4 is 5.97 Å². The molecule has 4 N–H and O–H groups in total. The summed E-state index contributed by atoms with van der Waals surface area (Å²) in [5.41, 5.74) is 6.57. The Morgan fingerprint density at radius 3 is 2.86 bits per heavy atom. The highest BCUT2D eigenvalue weighted by Gasteiger charge is 2.11. The maximum absolute atomic E-state index is 10.4. The van der Waals surface area contributed by atoms with Crippen LogP contribution in [0, 0.1) is 0 Å². The average Bonchev–Trinajstić information content (AvgIpc) is 2.17. The molecular weight excluding hydrogens is 184 g/mol. The zero-order chi connectivity index (χ0) is 10.6. The smallest absolute Gasteiger partial charge is 0.305 e. The van der Waals surface area contributed by atoms with Crippen molar-refractivity contribution < 1.29 is 15.0 Å². The van der Waals surface area contributed by atoms with E-state index in [1.807, 2.05) is 0 Å². The molecule has 0 amide bonds. The molecule has 0 aromatic carbocycles. The molecule has 0 spiro atoms. The Balaban J connectivity index is 2.78. The Hall–Kier alpha value is -1.46. The highest BCUT2D eigenvalue weighted by molar-refractivity contribution is 5.67. The number of carbonyl (C=O) groups is 1. The number of carboxylic acid groups (broad SMARTS) is 1. The van der Waals surface area contributed by atoms with E-state index in [0.717, 1.165) is 0 Å². The minimum absolute atomic E-state index is 0.165. The van der Waals surface area contributed by atoms with Gasteiger partial charge in [-0.15, -0.1) is 0 Å². The van der Waals surface area contributed by atoms with Gasteiger partial charge in [-0.1, -0.05) is 6.07 Å². The third-order valence-corrected chi connectivity index (χ3v) is 1.76. The zero-order valence-electron chi connectivity index (χ0n) is 7.55. The van der Waals surface area contributed by atoms with Crippen LogP contribution in [0.4, 0.5) is 0 Å². The molecule has 0 aliphatic rings. The van der Waals surface area contributed by atoms with Crippen molar-refractivity contribution in [1.29, 1.82) is 0 Å². The van der Waals surface area contributed by atoms with Crippen molar-refractivity contribution in [3.8, 4) is 0 Å². The van der Waals surface area contributed by atoms with E-state index in [1.165, 1.54) is 0 Å². The van der Waals surface area contributed by atoms with Gasteiger partial charge in [-0.25, -0.2) is 0 Å². The predicted octanol–water partition coefficient (Wildman–Crippen LogP) is 0.0484. The Morgan fingerprint density at radius 2 is 2.29 bits per heavy atom. The largest absolute Gasteiger partial charge is 0.481 e. The normalized spacial score (nSPS) is 12.4. The Bertz CT molecular complexity index is 328. The van der Waals surface area contributed by atoms with Crippen LogP contribution in [0.5, 0.6) is 0 Å². The molecule has 0 bridgehead atoms. The summed E-state index contributed by atoms with van der Waals surface area (Å²) >= 11 is 0. The number of aromatic nitrogens is 1. The van der Waals surface area contributed by atoms with E-state index in [4.69, 9.17) is 15.9 Å². The van der Waals surface area contributed by atoms with Crippen LogP contribution in [-0.4, -0.2) is 21.2 Å². The molecule has 5 nitrogen and oxygen atoms in total. The summed E-state index contributed by atoms with van der Waals surface area (Å²) in [5, 5.41) is 17.3. The zero-order valence-corrected chi connectivity index (χ0v) is 7.55. The Labute approximate surface area is 81.2 Å². The van der Waals surface area contributed by atoms with Gasteiger partial charge < -0.3 is 15.9 Å². The standard InChI is InChI=1S/C9H12N2O3/c10-7(4-9(13)14)8-3-1-2-6(5-12)11-8/h1-3,7,12H,4-5,10H2,(H,13,14). The molecule has 1 rings (SSSR count). The summed E-state index contributed by atoms with van der Waals surface area (Å²) in [6.45, 7) is -0.173. The Morgan fingerprint density at radius 1 is 1.57 bits per heavy atom. The lowest BCUT2D eigenvalue weighted by Crippen LogP contribution is -2.16. The third kappa shape index (κ3) is 2.79. The lowest BCUT2D eigenvalue weighted by Gasteiger charge is -2.08. The van der Waals surface area contributed by atoms with Gasteiger partial charge in [-0.05, 0) is 12.1 Å². The summed E-state index contributed by atoms with van der Waals surface area (Å²) in [7, 11) is 0. The van der Waals surface area contributed by atoms with Gasteiger partial charge in [0.1, 0.15) is 0 Å². The number of carboxylic acids is 1. The van der Waals surface area contributed by atoms with Crippen LogP contribution in [0.3, 0.4) is 0 Å². The van der Waals surface area contributed by atoms with E-state index in [2.05, 4.69) is 4.98 Å². The molecule has 1 aromatic heterocycles. The van der Waals surface area contributed by atoms with Gasteiger partial charge >= 0.3 is 5.97 Å². The van der Waals surface area contributed by atoms with E-state index in [1.54, 1.807) is 18.2 Å². The number of aliphatic carboxylic acids is 1. The van der Waals surface area contributed by atoms with Crippen LogP contribution in [0.1, 0.15) is 23.9 Å². The fourth-order valence-electron chi connectivity index (χ4n) is 1.09. The van der Waals surface area contributed by atoms with Gasteiger partial charge in [0, 0.05) is 0 Å². The number of aliphatic hydroxyl groups excluding tert-OH is 1. The first-order valence-corrected chi connectivity index (χ1v) is 4.17. The van der Waals surface area contributed by atoms with Crippen molar-refractivity contribution in [3.63, 3.8) is 0 Å². The van der Waals surface area contributed by atoms with Crippen molar-refractivity contribution in [2.24, 2.45) is 5.73 Å². The first-order chi connectivity index (χ1) is 6.63. The maximum atomic E-state index is 10.4. The molecule has 1 aromatic rings. The highest BCUT2D eigenvalue weighted by atomic mass is 16.4. The summed E-state index contributed by atoms with van der Waals surface area (Å²) in [5.74, 6) is -0.964. The number of aliphatic hydroxyl groups is 1. The van der Waals surface area contributed by atoms with Gasteiger partial charge in [0.05, 0.1) is 30.5 Å². The molecule has 5 heteroatoms. The van der Waals surface area contributed by atoms with Crippen LogP contribution in [0.25, 0.3) is 0 Å². The minimum atomic E-state index is -0.964. The van der Waals surface area contributed by atoms with Gasteiger partial charge in [-0.2, -0.15) is 0 Å². The number of nitrogens with zero attached hydrogens (tertiary/aromatic N) is 1. The molecule has 0 aliphatic carbocycles. The molecule has 0 saturated carbocycles. The second kappa shape index (κ2) is 4.69. The van der Waals surface area contributed by atoms with Gasteiger partial charge in [0.2, 0.25) is 0 Å². The number of hydrogen-bond acceptors (Lipinski definition) is 4. The van der Waals surface area contributed by atoms with Crippen molar-refractivity contribution in [1.82, 2.24) is 4.98 Å².